The fourth-order valence-corrected chi connectivity index (χ4v) is 5.24. The van der Waals surface area contributed by atoms with E-state index in [4.69, 9.17) is 10.7 Å². The van der Waals surface area contributed by atoms with Gasteiger partial charge in [-0.05, 0) is 78.2 Å². The Kier molecular flexibility index (Phi) is 6.54. The van der Waals surface area contributed by atoms with Crippen LogP contribution >= 0.6 is 11.3 Å². The standard InChI is InChI=1S/C24H33N7OS/c1-6-17-22(27-15-9-11-24(3,12-10-15)31(4)5)30-23(20(29-17)21(25)32)28-16-7-8-18-19(13-16)33-14(2)26-18/h7-8,13,15H,6,9-12H2,1-5H3,(H2,25,32)(H2,27,28,30). The quantitative estimate of drug-likeness (QED) is 0.470. The lowest BCUT2D eigenvalue weighted by atomic mass is 9.80. The molecule has 9 heteroatoms. The first-order valence-electron chi connectivity index (χ1n) is 11.5. The number of aryl methyl sites for hydroxylation is 2. The lowest BCUT2D eigenvalue weighted by Gasteiger charge is -2.42. The second kappa shape index (κ2) is 9.23. The second-order valence-corrected chi connectivity index (χ2v) is 10.5. The maximum atomic E-state index is 12.2. The van der Waals surface area contributed by atoms with Crippen LogP contribution in [0.5, 0.6) is 0 Å². The second-order valence-electron chi connectivity index (χ2n) is 9.28. The van der Waals surface area contributed by atoms with Crippen LogP contribution < -0.4 is 16.4 Å². The lowest BCUT2D eigenvalue weighted by Crippen LogP contribution is -2.46. The molecule has 1 amide bonds. The van der Waals surface area contributed by atoms with Gasteiger partial charge >= 0.3 is 0 Å². The molecule has 0 saturated heterocycles. The molecule has 1 aliphatic rings. The number of hydrogen-bond acceptors (Lipinski definition) is 8. The number of carbonyl (C=O) groups excluding carboxylic acids is 1. The van der Waals surface area contributed by atoms with Gasteiger partial charge in [0.2, 0.25) is 0 Å². The Bertz CT molecular complexity index is 1170. The molecule has 33 heavy (non-hydrogen) atoms. The number of aromatic nitrogens is 3. The number of carbonyl (C=O) groups is 1. The van der Waals surface area contributed by atoms with Crippen LogP contribution in [0.25, 0.3) is 10.2 Å². The Hall–Kier alpha value is -2.78. The van der Waals surface area contributed by atoms with Gasteiger partial charge in [0.1, 0.15) is 5.82 Å². The van der Waals surface area contributed by atoms with Crippen LogP contribution in [0.3, 0.4) is 0 Å². The van der Waals surface area contributed by atoms with Crippen molar-refractivity contribution in [1.82, 2.24) is 19.9 Å². The number of nitrogens with one attached hydrogen (secondary N) is 2. The normalized spacial score (nSPS) is 20.8. The number of rotatable bonds is 7. The summed E-state index contributed by atoms with van der Waals surface area (Å²) in [6, 6.07) is 6.22. The van der Waals surface area contributed by atoms with Crippen LogP contribution in [-0.4, -0.2) is 51.4 Å². The van der Waals surface area contributed by atoms with E-state index >= 15 is 0 Å². The molecule has 0 aliphatic heterocycles. The zero-order valence-corrected chi connectivity index (χ0v) is 20.8. The summed E-state index contributed by atoms with van der Waals surface area (Å²) in [6.07, 6.45) is 5.00. The summed E-state index contributed by atoms with van der Waals surface area (Å²) in [7, 11) is 4.31. The molecule has 2 heterocycles. The SMILES string of the molecule is CCc1nc(C(N)=O)c(Nc2ccc3nc(C)sc3c2)nc1NC1CCC(C)(N(C)C)CC1. The molecule has 2 aromatic heterocycles. The molecule has 1 aromatic carbocycles. The highest BCUT2D eigenvalue weighted by molar-refractivity contribution is 7.18. The number of hydrogen-bond donors (Lipinski definition) is 3. The molecule has 3 aromatic rings. The van der Waals surface area contributed by atoms with Gasteiger partial charge in [0.05, 0.1) is 20.9 Å². The van der Waals surface area contributed by atoms with Crippen molar-refractivity contribution >= 4 is 44.8 Å². The van der Waals surface area contributed by atoms with Crippen molar-refractivity contribution in [1.29, 1.82) is 0 Å². The predicted molar refractivity (Wildman–Crippen MR) is 136 cm³/mol. The Morgan fingerprint density at radius 3 is 2.58 bits per heavy atom. The first-order chi connectivity index (χ1) is 15.7. The smallest absolute Gasteiger partial charge is 0.271 e. The average molecular weight is 468 g/mol. The highest BCUT2D eigenvalue weighted by Gasteiger charge is 2.33. The van der Waals surface area contributed by atoms with Crippen molar-refractivity contribution in [2.24, 2.45) is 5.73 Å². The molecule has 0 unspecified atom stereocenters. The molecule has 176 valence electrons. The van der Waals surface area contributed by atoms with Crippen molar-refractivity contribution in [2.45, 2.75) is 64.5 Å². The van der Waals surface area contributed by atoms with E-state index in [0.717, 1.165) is 58.1 Å². The van der Waals surface area contributed by atoms with Crippen LogP contribution in [0.15, 0.2) is 18.2 Å². The fraction of sp³-hybridized carbons (Fsp3) is 0.500. The van der Waals surface area contributed by atoms with E-state index in [2.05, 4.69) is 46.5 Å². The third kappa shape index (κ3) is 4.94. The van der Waals surface area contributed by atoms with Crippen LogP contribution in [0.1, 0.15) is 60.7 Å². The van der Waals surface area contributed by atoms with Gasteiger partial charge in [-0.1, -0.05) is 6.92 Å². The number of anilines is 3. The van der Waals surface area contributed by atoms with E-state index in [1.165, 1.54) is 0 Å². The number of nitrogens with two attached hydrogens (primary N) is 1. The van der Waals surface area contributed by atoms with E-state index in [9.17, 15) is 4.79 Å². The van der Waals surface area contributed by atoms with E-state index in [-0.39, 0.29) is 11.2 Å². The van der Waals surface area contributed by atoms with Gasteiger partial charge in [-0.2, -0.15) is 0 Å². The number of nitrogens with zero attached hydrogens (tertiary/aromatic N) is 4. The minimum Gasteiger partial charge on any atom is -0.366 e. The minimum absolute atomic E-state index is 0.154. The van der Waals surface area contributed by atoms with E-state index in [1.54, 1.807) is 11.3 Å². The van der Waals surface area contributed by atoms with E-state index < -0.39 is 5.91 Å². The Morgan fingerprint density at radius 1 is 1.21 bits per heavy atom. The number of thiazole rings is 1. The molecule has 0 spiro atoms. The molecular weight excluding hydrogens is 434 g/mol. The number of fused-ring (bicyclic) bond motifs is 1. The molecule has 1 fully saturated rings. The summed E-state index contributed by atoms with van der Waals surface area (Å²) in [5.74, 6) is 0.496. The van der Waals surface area contributed by atoms with Crippen LogP contribution in [-0.2, 0) is 6.42 Å². The minimum atomic E-state index is -0.597. The van der Waals surface area contributed by atoms with Crippen LogP contribution in [0.4, 0.5) is 17.3 Å². The molecule has 4 N–H and O–H groups in total. The maximum Gasteiger partial charge on any atom is 0.271 e. The van der Waals surface area contributed by atoms with Crippen LogP contribution in [0.2, 0.25) is 0 Å². The number of primary amides is 1. The zero-order valence-electron chi connectivity index (χ0n) is 20.0. The predicted octanol–water partition coefficient (Wildman–Crippen LogP) is 4.47. The monoisotopic (exact) mass is 467 g/mol. The first kappa shape index (κ1) is 23.4. The molecular formula is C24H33N7OS. The van der Waals surface area contributed by atoms with Crippen molar-refractivity contribution in [2.75, 3.05) is 24.7 Å². The topological polar surface area (TPSA) is 109 Å². The van der Waals surface area contributed by atoms with Gasteiger partial charge in [-0.25, -0.2) is 15.0 Å². The van der Waals surface area contributed by atoms with Crippen molar-refractivity contribution in [3.05, 3.63) is 34.6 Å². The molecule has 8 nitrogen and oxygen atoms in total. The van der Waals surface area contributed by atoms with Gasteiger partial charge < -0.3 is 21.3 Å². The van der Waals surface area contributed by atoms with Gasteiger partial charge in [-0.15, -0.1) is 11.3 Å². The van der Waals surface area contributed by atoms with Crippen molar-refractivity contribution in [3.8, 4) is 0 Å². The largest absolute Gasteiger partial charge is 0.366 e. The molecule has 0 atom stereocenters. The summed E-state index contributed by atoms with van der Waals surface area (Å²) in [5, 5.41) is 7.89. The summed E-state index contributed by atoms with van der Waals surface area (Å²) < 4.78 is 1.07. The zero-order chi connectivity index (χ0) is 23.8. The number of amides is 1. The van der Waals surface area contributed by atoms with Gasteiger partial charge in [0, 0.05) is 17.3 Å². The van der Waals surface area contributed by atoms with Gasteiger partial charge in [0.15, 0.2) is 11.5 Å². The summed E-state index contributed by atoms with van der Waals surface area (Å²) >= 11 is 1.63. The van der Waals surface area contributed by atoms with Crippen LogP contribution in [0, 0.1) is 6.92 Å². The van der Waals surface area contributed by atoms with Gasteiger partial charge in [-0.3, -0.25) is 4.79 Å². The maximum absolute atomic E-state index is 12.2. The van der Waals surface area contributed by atoms with Crippen molar-refractivity contribution < 1.29 is 4.79 Å². The highest BCUT2D eigenvalue weighted by atomic mass is 32.1. The Morgan fingerprint density at radius 2 is 1.94 bits per heavy atom. The summed E-state index contributed by atoms with van der Waals surface area (Å²) in [4.78, 5) is 28.4. The third-order valence-electron chi connectivity index (χ3n) is 6.78. The molecule has 4 rings (SSSR count). The molecule has 1 aliphatic carbocycles. The summed E-state index contributed by atoms with van der Waals surface area (Å²) in [5.41, 5.74) is 8.57. The van der Waals surface area contributed by atoms with E-state index in [0.29, 0.717) is 18.3 Å². The highest BCUT2D eigenvalue weighted by Crippen LogP contribution is 2.34. The summed E-state index contributed by atoms with van der Waals surface area (Å²) in [6.45, 7) is 6.32. The fourth-order valence-electron chi connectivity index (χ4n) is 4.37. The van der Waals surface area contributed by atoms with Crippen molar-refractivity contribution in [3.63, 3.8) is 0 Å². The molecule has 1 saturated carbocycles. The average Bonchev–Trinajstić information content (AvgIpc) is 3.14. The van der Waals surface area contributed by atoms with Gasteiger partial charge in [0.25, 0.3) is 5.91 Å². The third-order valence-corrected chi connectivity index (χ3v) is 7.71. The Labute approximate surface area is 199 Å². The molecule has 0 bridgehead atoms. The lowest BCUT2D eigenvalue weighted by molar-refractivity contribution is 0.0996. The number of benzene rings is 1. The molecule has 0 radical (unpaired) electrons. The Balaban J connectivity index is 1.61. The van der Waals surface area contributed by atoms with E-state index in [1.807, 2.05) is 32.0 Å². The first-order valence-corrected chi connectivity index (χ1v) is 12.3.